The van der Waals surface area contributed by atoms with Gasteiger partial charge in [0.15, 0.2) is 0 Å². The number of carboxylic acids is 1. The van der Waals surface area contributed by atoms with Gasteiger partial charge in [-0.25, -0.2) is 0 Å². The quantitative estimate of drug-likeness (QED) is 0.572. The number of aromatic hydroxyl groups is 1. The van der Waals surface area contributed by atoms with E-state index in [0.717, 1.165) is 51.0 Å². The van der Waals surface area contributed by atoms with Crippen LogP contribution in [-0.2, 0) is 11.2 Å². The molecule has 0 unspecified atom stereocenters. The summed E-state index contributed by atoms with van der Waals surface area (Å²) in [6.45, 7) is 5.77. The van der Waals surface area contributed by atoms with E-state index in [1.807, 2.05) is 51.1 Å². The van der Waals surface area contributed by atoms with Gasteiger partial charge in [-0.2, -0.15) is 0 Å². The highest BCUT2D eigenvalue weighted by Crippen LogP contribution is 2.42. The number of hydrogen-bond donors (Lipinski definition) is 2. The molecule has 2 aromatic carbocycles. The van der Waals surface area contributed by atoms with Crippen molar-refractivity contribution < 1.29 is 19.4 Å². The molecule has 0 fully saturated rings. The molecule has 0 aliphatic carbocycles. The van der Waals surface area contributed by atoms with Crippen LogP contribution in [0.2, 0.25) is 0 Å². The Balaban J connectivity index is 2.15. The van der Waals surface area contributed by atoms with Gasteiger partial charge >= 0.3 is 5.97 Å². The second kappa shape index (κ2) is 7.24. The maximum Gasteiger partial charge on any atom is 0.303 e. The number of hydrogen-bond acceptors (Lipinski definition) is 3. The lowest BCUT2D eigenvalue weighted by molar-refractivity contribution is -0.137. The Morgan fingerprint density at radius 1 is 1.00 bits per heavy atom. The van der Waals surface area contributed by atoms with Crippen molar-refractivity contribution in [3.05, 3.63) is 52.6 Å². The van der Waals surface area contributed by atoms with E-state index in [9.17, 15) is 9.90 Å². The van der Waals surface area contributed by atoms with Gasteiger partial charge in [-0.3, -0.25) is 4.79 Å². The Morgan fingerprint density at radius 2 is 1.69 bits per heavy atom. The predicted octanol–water partition coefficient (Wildman–Crippen LogP) is 5.53. The molecule has 136 valence electrons. The van der Waals surface area contributed by atoms with Crippen LogP contribution < -0.4 is 0 Å². The van der Waals surface area contributed by atoms with Gasteiger partial charge < -0.3 is 14.6 Å². The molecule has 0 spiro atoms. The van der Waals surface area contributed by atoms with Crippen LogP contribution in [0.5, 0.6) is 5.75 Å². The van der Waals surface area contributed by atoms with Crippen molar-refractivity contribution in [2.24, 2.45) is 0 Å². The number of benzene rings is 2. The Labute approximate surface area is 153 Å². The van der Waals surface area contributed by atoms with Gasteiger partial charge in [0.2, 0.25) is 0 Å². The maximum absolute atomic E-state index is 10.8. The fraction of sp³-hybridized carbons (Fsp3) is 0.318. The fourth-order valence-corrected chi connectivity index (χ4v) is 3.51. The number of carbonyl (C=O) groups is 1. The van der Waals surface area contributed by atoms with Crippen molar-refractivity contribution in [1.82, 2.24) is 0 Å². The molecule has 4 heteroatoms. The molecular weight excluding hydrogens is 328 g/mol. The molecule has 26 heavy (non-hydrogen) atoms. The van der Waals surface area contributed by atoms with Crippen LogP contribution in [-0.4, -0.2) is 16.2 Å². The summed E-state index contributed by atoms with van der Waals surface area (Å²) in [5.41, 5.74) is 5.45. The van der Waals surface area contributed by atoms with E-state index in [-0.39, 0.29) is 6.42 Å². The van der Waals surface area contributed by atoms with Crippen molar-refractivity contribution in [3.63, 3.8) is 0 Å². The second-order valence-electron chi connectivity index (χ2n) is 6.80. The number of carboxylic acid groups (broad SMARTS) is 1. The van der Waals surface area contributed by atoms with Gasteiger partial charge in [0.05, 0.1) is 0 Å². The maximum atomic E-state index is 10.8. The molecule has 2 N–H and O–H groups in total. The molecule has 0 saturated heterocycles. The molecule has 0 radical (unpaired) electrons. The summed E-state index contributed by atoms with van der Waals surface area (Å²) in [4.78, 5) is 10.8. The Hall–Kier alpha value is -2.75. The highest BCUT2D eigenvalue weighted by Gasteiger charge is 2.22. The number of rotatable bonds is 6. The zero-order valence-corrected chi connectivity index (χ0v) is 15.4. The van der Waals surface area contributed by atoms with E-state index in [1.165, 1.54) is 0 Å². The van der Waals surface area contributed by atoms with E-state index in [1.54, 1.807) is 0 Å². The summed E-state index contributed by atoms with van der Waals surface area (Å²) in [7, 11) is 0. The largest absolute Gasteiger partial charge is 0.507 e. The SMILES string of the molecule is Cc1c(O)c(C)c2c(CCCCC(=O)O)c(-c3ccccc3)oc2c1C. The second-order valence-corrected chi connectivity index (χ2v) is 6.80. The fourth-order valence-electron chi connectivity index (χ4n) is 3.51. The van der Waals surface area contributed by atoms with E-state index in [2.05, 4.69) is 0 Å². The van der Waals surface area contributed by atoms with Crippen molar-refractivity contribution in [2.45, 2.75) is 46.5 Å². The van der Waals surface area contributed by atoms with Crippen LogP contribution >= 0.6 is 0 Å². The lowest BCUT2D eigenvalue weighted by Gasteiger charge is -2.09. The van der Waals surface area contributed by atoms with Gasteiger partial charge in [-0.05, 0) is 51.2 Å². The van der Waals surface area contributed by atoms with Crippen molar-refractivity contribution in [3.8, 4) is 17.1 Å². The van der Waals surface area contributed by atoms with Crippen LogP contribution in [0, 0.1) is 20.8 Å². The third-order valence-corrected chi connectivity index (χ3v) is 5.10. The summed E-state index contributed by atoms with van der Waals surface area (Å²) >= 11 is 0. The number of aryl methyl sites for hydroxylation is 3. The van der Waals surface area contributed by atoms with Gasteiger partial charge in [0.25, 0.3) is 0 Å². The molecule has 0 saturated carbocycles. The minimum Gasteiger partial charge on any atom is -0.507 e. The summed E-state index contributed by atoms with van der Waals surface area (Å²) in [6.07, 6.45) is 2.26. The van der Waals surface area contributed by atoms with Crippen LogP contribution in [0.4, 0.5) is 0 Å². The standard InChI is InChI=1S/C22H24O4/c1-13-14(2)21-19(15(3)20(13)25)17(11-7-8-12-18(23)24)22(26-21)16-9-5-4-6-10-16/h4-6,9-10,25H,7-8,11-12H2,1-3H3,(H,23,24). The van der Waals surface area contributed by atoms with Crippen molar-refractivity contribution in [1.29, 1.82) is 0 Å². The first-order valence-electron chi connectivity index (χ1n) is 8.93. The average Bonchev–Trinajstić information content (AvgIpc) is 3.02. The van der Waals surface area contributed by atoms with E-state index in [0.29, 0.717) is 18.6 Å². The molecule has 0 amide bonds. The lowest BCUT2D eigenvalue weighted by Crippen LogP contribution is -1.96. The monoisotopic (exact) mass is 352 g/mol. The molecule has 3 rings (SSSR count). The van der Waals surface area contributed by atoms with Crippen LogP contribution in [0.3, 0.4) is 0 Å². The summed E-state index contributed by atoms with van der Waals surface area (Å²) in [5, 5.41) is 20.3. The van der Waals surface area contributed by atoms with Gasteiger partial charge in [-0.15, -0.1) is 0 Å². The molecular formula is C22H24O4. The first-order valence-corrected chi connectivity index (χ1v) is 8.93. The average molecular weight is 352 g/mol. The predicted molar refractivity (Wildman–Crippen MR) is 103 cm³/mol. The van der Waals surface area contributed by atoms with Crippen LogP contribution in [0.15, 0.2) is 34.7 Å². The van der Waals surface area contributed by atoms with Gasteiger partial charge in [0.1, 0.15) is 17.1 Å². The van der Waals surface area contributed by atoms with E-state index < -0.39 is 5.97 Å². The lowest BCUT2D eigenvalue weighted by atomic mass is 9.94. The minimum absolute atomic E-state index is 0.165. The number of aliphatic carboxylic acids is 1. The van der Waals surface area contributed by atoms with Crippen molar-refractivity contribution >= 4 is 16.9 Å². The first kappa shape index (κ1) is 18.1. The summed E-state index contributed by atoms with van der Waals surface area (Å²) in [6, 6.07) is 9.93. The van der Waals surface area contributed by atoms with E-state index in [4.69, 9.17) is 9.52 Å². The number of unbranched alkanes of at least 4 members (excludes halogenated alkanes) is 1. The Morgan fingerprint density at radius 3 is 2.35 bits per heavy atom. The molecule has 0 aliphatic rings. The molecule has 4 nitrogen and oxygen atoms in total. The number of furan rings is 1. The Kier molecular flexibility index (Phi) is 5.03. The third-order valence-electron chi connectivity index (χ3n) is 5.10. The highest BCUT2D eigenvalue weighted by molar-refractivity contribution is 5.95. The minimum atomic E-state index is -0.773. The smallest absolute Gasteiger partial charge is 0.303 e. The number of phenolic OH excluding ortho intramolecular Hbond substituents is 1. The highest BCUT2D eigenvalue weighted by atomic mass is 16.4. The molecule has 0 aliphatic heterocycles. The van der Waals surface area contributed by atoms with Crippen molar-refractivity contribution in [2.75, 3.05) is 0 Å². The summed E-state index contributed by atoms with van der Waals surface area (Å²) < 4.78 is 6.28. The molecule has 3 aromatic rings. The Bertz CT molecular complexity index is 952. The normalized spacial score (nSPS) is 11.2. The first-order chi connectivity index (χ1) is 12.4. The molecule has 1 aromatic heterocycles. The zero-order valence-electron chi connectivity index (χ0n) is 15.4. The molecule has 1 heterocycles. The van der Waals surface area contributed by atoms with E-state index >= 15 is 0 Å². The number of fused-ring (bicyclic) bond motifs is 1. The van der Waals surface area contributed by atoms with Gasteiger partial charge in [0, 0.05) is 28.5 Å². The van der Waals surface area contributed by atoms with Crippen LogP contribution in [0.25, 0.3) is 22.3 Å². The van der Waals surface area contributed by atoms with Gasteiger partial charge in [-0.1, -0.05) is 30.3 Å². The topological polar surface area (TPSA) is 70.7 Å². The molecule has 0 atom stereocenters. The number of phenols is 1. The third kappa shape index (κ3) is 3.19. The summed E-state index contributed by atoms with van der Waals surface area (Å²) in [5.74, 6) is 0.347. The molecule has 0 bridgehead atoms. The zero-order chi connectivity index (χ0) is 18.8. The van der Waals surface area contributed by atoms with Crippen LogP contribution in [0.1, 0.15) is 41.5 Å².